The third-order valence-electron chi connectivity index (χ3n) is 3.39. The Balaban J connectivity index is 1.79. The van der Waals surface area contributed by atoms with Crippen molar-refractivity contribution >= 4 is 6.01 Å². The Morgan fingerprint density at radius 3 is 2.53 bits per heavy atom. The van der Waals surface area contributed by atoms with Crippen LogP contribution in [-0.4, -0.2) is 30.3 Å². The topological polar surface area (TPSA) is 51.4 Å². The average molecular weight is 259 g/mol. The van der Waals surface area contributed by atoms with Crippen LogP contribution in [0.3, 0.4) is 0 Å². The van der Waals surface area contributed by atoms with Gasteiger partial charge in [0.2, 0.25) is 5.82 Å². The fourth-order valence-corrected chi connectivity index (χ4v) is 2.29. The predicted molar refractivity (Wildman–Crippen MR) is 72.4 cm³/mol. The summed E-state index contributed by atoms with van der Waals surface area (Å²) >= 11 is 0. The summed E-state index contributed by atoms with van der Waals surface area (Å²) in [6.45, 7) is 2.01. The maximum Gasteiger partial charge on any atom is 0.324 e. The molecule has 0 N–H and O–H groups in total. The molecule has 0 saturated carbocycles. The molecule has 1 aliphatic heterocycles. The van der Waals surface area contributed by atoms with Gasteiger partial charge in [0.05, 0.1) is 7.11 Å². The molecular formula is C14H17N3O2. The molecule has 1 aliphatic rings. The Bertz CT molecular complexity index is 530. The van der Waals surface area contributed by atoms with Crippen molar-refractivity contribution in [2.75, 3.05) is 25.1 Å². The van der Waals surface area contributed by atoms with Crippen LogP contribution in [0.5, 0.6) is 5.75 Å². The third kappa shape index (κ3) is 2.54. The highest BCUT2D eigenvalue weighted by atomic mass is 16.5. The van der Waals surface area contributed by atoms with Gasteiger partial charge in [0.1, 0.15) is 5.75 Å². The Morgan fingerprint density at radius 1 is 1.11 bits per heavy atom. The largest absolute Gasteiger partial charge is 0.497 e. The van der Waals surface area contributed by atoms with Gasteiger partial charge in [0.25, 0.3) is 0 Å². The van der Waals surface area contributed by atoms with Gasteiger partial charge in [-0.05, 0) is 43.5 Å². The maximum atomic E-state index is 5.35. The first-order valence-electron chi connectivity index (χ1n) is 6.60. The van der Waals surface area contributed by atoms with Gasteiger partial charge in [-0.25, -0.2) is 0 Å². The number of hydrogen-bond donors (Lipinski definition) is 0. The molecule has 0 amide bonds. The third-order valence-corrected chi connectivity index (χ3v) is 3.39. The van der Waals surface area contributed by atoms with E-state index in [-0.39, 0.29) is 0 Å². The molecular weight excluding hydrogens is 242 g/mol. The lowest BCUT2D eigenvalue weighted by Crippen LogP contribution is -2.29. The quantitative estimate of drug-likeness (QED) is 0.848. The molecule has 5 nitrogen and oxygen atoms in total. The van der Waals surface area contributed by atoms with E-state index in [1.807, 2.05) is 24.3 Å². The lowest BCUT2D eigenvalue weighted by Gasteiger charge is -2.23. The van der Waals surface area contributed by atoms with E-state index in [0.29, 0.717) is 11.8 Å². The zero-order valence-electron chi connectivity index (χ0n) is 11.0. The molecule has 0 radical (unpaired) electrons. The summed E-state index contributed by atoms with van der Waals surface area (Å²) in [5.41, 5.74) is 0.938. The first-order valence-corrected chi connectivity index (χ1v) is 6.60. The standard InChI is InChI=1S/C14H17N3O2/c1-18-12-7-5-11(6-8-12)13-15-14(19-16-13)17-9-3-2-4-10-17/h5-8H,2-4,9-10H2,1H3. The second-order valence-corrected chi connectivity index (χ2v) is 4.68. The van der Waals surface area contributed by atoms with Crippen LogP contribution in [0.1, 0.15) is 19.3 Å². The maximum absolute atomic E-state index is 5.35. The van der Waals surface area contributed by atoms with E-state index >= 15 is 0 Å². The molecule has 5 heteroatoms. The summed E-state index contributed by atoms with van der Waals surface area (Å²) in [4.78, 5) is 6.62. The minimum atomic E-state index is 0.628. The summed E-state index contributed by atoms with van der Waals surface area (Å²) in [6, 6.07) is 8.29. The van der Waals surface area contributed by atoms with Crippen molar-refractivity contribution in [3.8, 4) is 17.1 Å². The Hall–Kier alpha value is -2.04. The number of methoxy groups -OCH3 is 1. The summed E-state index contributed by atoms with van der Waals surface area (Å²) in [5.74, 6) is 1.45. The number of rotatable bonds is 3. The van der Waals surface area contributed by atoms with Gasteiger partial charge in [-0.15, -0.1) is 0 Å². The van der Waals surface area contributed by atoms with E-state index in [9.17, 15) is 0 Å². The molecule has 0 atom stereocenters. The van der Waals surface area contributed by atoms with Crippen LogP contribution in [0, 0.1) is 0 Å². The molecule has 1 fully saturated rings. The van der Waals surface area contributed by atoms with Crippen LogP contribution in [0.2, 0.25) is 0 Å². The van der Waals surface area contributed by atoms with Crippen molar-refractivity contribution in [2.45, 2.75) is 19.3 Å². The molecule has 0 aliphatic carbocycles. The normalized spacial score (nSPS) is 15.5. The predicted octanol–water partition coefficient (Wildman–Crippen LogP) is 2.74. The van der Waals surface area contributed by atoms with Gasteiger partial charge < -0.3 is 14.2 Å². The summed E-state index contributed by atoms with van der Waals surface area (Å²) in [6.07, 6.45) is 3.68. The first-order chi connectivity index (χ1) is 9.36. The van der Waals surface area contributed by atoms with Gasteiger partial charge >= 0.3 is 6.01 Å². The van der Waals surface area contributed by atoms with E-state index in [0.717, 1.165) is 24.4 Å². The summed E-state index contributed by atoms with van der Waals surface area (Å²) < 4.78 is 10.5. The number of hydrogen-bond acceptors (Lipinski definition) is 5. The Labute approximate surface area is 112 Å². The Kier molecular flexibility index (Phi) is 3.35. The highest BCUT2D eigenvalue weighted by molar-refractivity contribution is 5.56. The second-order valence-electron chi connectivity index (χ2n) is 4.68. The van der Waals surface area contributed by atoms with E-state index in [4.69, 9.17) is 9.26 Å². The zero-order valence-corrected chi connectivity index (χ0v) is 11.0. The molecule has 2 aromatic rings. The van der Waals surface area contributed by atoms with Crippen molar-refractivity contribution in [1.29, 1.82) is 0 Å². The molecule has 0 spiro atoms. The van der Waals surface area contributed by atoms with Gasteiger partial charge in [0.15, 0.2) is 0 Å². The lowest BCUT2D eigenvalue weighted by molar-refractivity contribution is 0.403. The number of aromatic nitrogens is 2. The van der Waals surface area contributed by atoms with Gasteiger partial charge in [-0.3, -0.25) is 0 Å². The zero-order chi connectivity index (χ0) is 13.1. The van der Waals surface area contributed by atoms with E-state index in [2.05, 4.69) is 15.0 Å². The second kappa shape index (κ2) is 5.30. The summed E-state index contributed by atoms with van der Waals surface area (Å²) in [7, 11) is 1.65. The van der Waals surface area contributed by atoms with Crippen LogP contribution in [0.25, 0.3) is 11.4 Å². The Morgan fingerprint density at radius 2 is 1.84 bits per heavy atom. The van der Waals surface area contributed by atoms with Crippen LogP contribution in [-0.2, 0) is 0 Å². The number of anilines is 1. The fourth-order valence-electron chi connectivity index (χ4n) is 2.29. The minimum absolute atomic E-state index is 0.628. The molecule has 3 rings (SSSR count). The average Bonchev–Trinajstić information content (AvgIpc) is 2.98. The number of benzene rings is 1. The smallest absolute Gasteiger partial charge is 0.324 e. The van der Waals surface area contributed by atoms with Crippen molar-refractivity contribution in [1.82, 2.24) is 10.1 Å². The van der Waals surface area contributed by atoms with Crippen LogP contribution < -0.4 is 9.64 Å². The van der Waals surface area contributed by atoms with Gasteiger partial charge in [-0.1, -0.05) is 5.16 Å². The van der Waals surface area contributed by atoms with E-state index < -0.39 is 0 Å². The molecule has 2 heterocycles. The lowest BCUT2D eigenvalue weighted by atomic mass is 10.1. The van der Waals surface area contributed by atoms with Crippen molar-refractivity contribution in [3.05, 3.63) is 24.3 Å². The summed E-state index contributed by atoms with van der Waals surface area (Å²) in [5, 5.41) is 4.05. The number of nitrogens with zero attached hydrogens (tertiary/aromatic N) is 3. The van der Waals surface area contributed by atoms with Gasteiger partial charge in [0, 0.05) is 18.7 Å². The first kappa shape index (κ1) is 12.0. The SMILES string of the molecule is COc1ccc(-c2noc(N3CCCCC3)n2)cc1. The van der Waals surface area contributed by atoms with E-state index in [1.165, 1.54) is 19.3 Å². The molecule has 1 saturated heterocycles. The number of ether oxygens (including phenoxy) is 1. The molecule has 1 aromatic carbocycles. The van der Waals surface area contributed by atoms with Crippen molar-refractivity contribution in [2.24, 2.45) is 0 Å². The van der Waals surface area contributed by atoms with E-state index in [1.54, 1.807) is 7.11 Å². The molecule has 19 heavy (non-hydrogen) atoms. The molecule has 100 valence electrons. The van der Waals surface area contributed by atoms with Crippen LogP contribution in [0.15, 0.2) is 28.8 Å². The number of piperidine rings is 1. The van der Waals surface area contributed by atoms with Gasteiger partial charge in [-0.2, -0.15) is 4.98 Å². The fraction of sp³-hybridized carbons (Fsp3) is 0.429. The molecule has 0 bridgehead atoms. The van der Waals surface area contributed by atoms with Crippen LogP contribution >= 0.6 is 0 Å². The molecule has 1 aromatic heterocycles. The highest BCUT2D eigenvalue weighted by Crippen LogP contribution is 2.23. The molecule has 0 unspecified atom stereocenters. The minimum Gasteiger partial charge on any atom is -0.497 e. The monoisotopic (exact) mass is 259 g/mol. The highest BCUT2D eigenvalue weighted by Gasteiger charge is 2.17. The van der Waals surface area contributed by atoms with Crippen LogP contribution in [0.4, 0.5) is 6.01 Å². The van der Waals surface area contributed by atoms with Crippen molar-refractivity contribution in [3.63, 3.8) is 0 Å². The van der Waals surface area contributed by atoms with Crippen molar-refractivity contribution < 1.29 is 9.26 Å².